The van der Waals surface area contributed by atoms with Crippen LogP contribution in [0.2, 0.25) is 0 Å². The van der Waals surface area contributed by atoms with Crippen molar-refractivity contribution >= 4 is 41.7 Å². The van der Waals surface area contributed by atoms with Crippen molar-refractivity contribution in [1.29, 1.82) is 0 Å². The van der Waals surface area contributed by atoms with E-state index in [1.165, 1.54) is 0 Å². The molecule has 1 saturated heterocycles. The molecule has 2 rings (SSSR count). The van der Waals surface area contributed by atoms with E-state index in [2.05, 4.69) is 30.4 Å². The molecule has 25 heavy (non-hydrogen) atoms. The lowest BCUT2D eigenvalue weighted by atomic mass is 10.2. The van der Waals surface area contributed by atoms with Gasteiger partial charge in [0.15, 0.2) is 5.96 Å². The standard InChI is InChI=1S/C17H28N6O.HI/c1-14(2)16(24)20-8-9-21-17(18-3)23-12-10-22(11-13-23)15-6-4-5-7-19-15;/h4-7,14H,8-13H2,1-3H3,(H,18,21)(H,20,24);1H. The molecule has 0 aliphatic carbocycles. The molecular formula is C17H29IN6O. The Kier molecular flexibility index (Phi) is 9.54. The molecular weight excluding hydrogens is 431 g/mol. The summed E-state index contributed by atoms with van der Waals surface area (Å²) >= 11 is 0. The summed E-state index contributed by atoms with van der Waals surface area (Å²) in [4.78, 5) is 24.8. The van der Waals surface area contributed by atoms with E-state index in [0.717, 1.165) is 38.0 Å². The summed E-state index contributed by atoms with van der Waals surface area (Å²) in [5.41, 5.74) is 0. The monoisotopic (exact) mass is 460 g/mol. The highest BCUT2D eigenvalue weighted by Crippen LogP contribution is 2.12. The minimum absolute atomic E-state index is 0. The van der Waals surface area contributed by atoms with Gasteiger partial charge >= 0.3 is 0 Å². The number of anilines is 1. The average molecular weight is 460 g/mol. The van der Waals surface area contributed by atoms with Crippen LogP contribution in [0.5, 0.6) is 0 Å². The molecule has 1 aliphatic rings. The summed E-state index contributed by atoms with van der Waals surface area (Å²) in [6.45, 7) is 8.69. The van der Waals surface area contributed by atoms with Crippen LogP contribution in [0, 0.1) is 5.92 Å². The van der Waals surface area contributed by atoms with Crippen LogP contribution in [-0.2, 0) is 4.79 Å². The first-order valence-corrected chi connectivity index (χ1v) is 8.51. The Bertz CT molecular complexity index is 543. The van der Waals surface area contributed by atoms with E-state index in [0.29, 0.717) is 13.1 Å². The lowest BCUT2D eigenvalue weighted by molar-refractivity contribution is -0.123. The Morgan fingerprint density at radius 1 is 1.20 bits per heavy atom. The summed E-state index contributed by atoms with van der Waals surface area (Å²) in [5, 5.41) is 6.22. The summed E-state index contributed by atoms with van der Waals surface area (Å²) < 4.78 is 0. The van der Waals surface area contributed by atoms with Crippen molar-refractivity contribution in [3.05, 3.63) is 24.4 Å². The fourth-order valence-electron chi connectivity index (χ4n) is 2.58. The van der Waals surface area contributed by atoms with Crippen LogP contribution in [0.3, 0.4) is 0 Å². The first kappa shape index (κ1) is 21.5. The predicted octanol–water partition coefficient (Wildman–Crippen LogP) is 1.17. The highest BCUT2D eigenvalue weighted by Gasteiger charge is 2.20. The maximum Gasteiger partial charge on any atom is 0.222 e. The number of hydrogen-bond donors (Lipinski definition) is 2. The Morgan fingerprint density at radius 3 is 2.44 bits per heavy atom. The first-order chi connectivity index (χ1) is 11.6. The third kappa shape index (κ3) is 6.68. The number of hydrogen-bond acceptors (Lipinski definition) is 4. The molecule has 1 amide bonds. The molecule has 1 aromatic rings. The van der Waals surface area contributed by atoms with E-state index in [1.807, 2.05) is 38.2 Å². The zero-order chi connectivity index (χ0) is 17.4. The lowest BCUT2D eigenvalue weighted by Gasteiger charge is -2.37. The van der Waals surface area contributed by atoms with Crippen LogP contribution < -0.4 is 15.5 Å². The van der Waals surface area contributed by atoms with Crippen LogP contribution in [0.25, 0.3) is 0 Å². The number of aromatic nitrogens is 1. The van der Waals surface area contributed by atoms with Gasteiger partial charge in [0.25, 0.3) is 0 Å². The topological polar surface area (TPSA) is 72.9 Å². The molecule has 0 spiro atoms. The Labute approximate surface area is 167 Å². The molecule has 0 saturated carbocycles. The maximum absolute atomic E-state index is 11.5. The molecule has 0 aromatic carbocycles. The zero-order valence-corrected chi connectivity index (χ0v) is 17.6. The Morgan fingerprint density at radius 2 is 1.88 bits per heavy atom. The van der Waals surface area contributed by atoms with Crippen LogP contribution in [-0.4, -0.2) is 68.1 Å². The number of pyridine rings is 1. The van der Waals surface area contributed by atoms with Gasteiger partial charge in [0, 0.05) is 58.4 Å². The molecule has 7 nitrogen and oxygen atoms in total. The molecule has 0 radical (unpaired) electrons. The number of carbonyl (C=O) groups excluding carboxylic acids is 1. The van der Waals surface area contributed by atoms with E-state index < -0.39 is 0 Å². The van der Waals surface area contributed by atoms with Crippen molar-refractivity contribution in [2.75, 3.05) is 51.2 Å². The molecule has 1 fully saturated rings. The summed E-state index contributed by atoms with van der Waals surface area (Å²) in [5.74, 6) is 2.01. The quantitative estimate of drug-likeness (QED) is 0.299. The number of guanidine groups is 1. The first-order valence-electron chi connectivity index (χ1n) is 8.51. The van der Waals surface area contributed by atoms with Crippen molar-refractivity contribution in [2.24, 2.45) is 10.9 Å². The molecule has 1 aromatic heterocycles. The Hall–Kier alpha value is -1.58. The molecule has 2 N–H and O–H groups in total. The van der Waals surface area contributed by atoms with Crippen LogP contribution in [0.4, 0.5) is 5.82 Å². The zero-order valence-electron chi connectivity index (χ0n) is 15.2. The molecule has 0 atom stereocenters. The van der Waals surface area contributed by atoms with Gasteiger partial charge in [-0.15, -0.1) is 24.0 Å². The van der Waals surface area contributed by atoms with Gasteiger partial charge in [-0.1, -0.05) is 19.9 Å². The molecule has 0 unspecified atom stereocenters. The molecule has 2 heterocycles. The summed E-state index contributed by atoms with van der Waals surface area (Å²) in [6, 6.07) is 5.99. The van der Waals surface area contributed by atoms with Gasteiger partial charge in [0.05, 0.1) is 0 Å². The smallest absolute Gasteiger partial charge is 0.222 e. The van der Waals surface area contributed by atoms with Crippen LogP contribution in [0.15, 0.2) is 29.4 Å². The third-order valence-corrected chi connectivity index (χ3v) is 4.00. The van der Waals surface area contributed by atoms with Gasteiger partial charge in [0.2, 0.25) is 5.91 Å². The molecule has 8 heteroatoms. The lowest BCUT2D eigenvalue weighted by Crippen LogP contribution is -2.53. The van der Waals surface area contributed by atoms with Gasteiger partial charge in [-0.25, -0.2) is 4.98 Å². The van der Waals surface area contributed by atoms with E-state index in [4.69, 9.17) is 0 Å². The molecule has 0 bridgehead atoms. The predicted molar refractivity (Wildman–Crippen MR) is 113 cm³/mol. The second kappa shape index (κ2) is 11.1. The van der Waals surface area contributed by atoms with Crippen LogP contribution in [0.1, 0.15) is 13.8 Å². The number of halogens is 1. The van der Waals surface area contributed by atoms with Gasteiger partial charge in [-0.05, 0) is 12.1 Å². The molecule has 140 valence electrons. The summed E-state index contributed by atoms with van der Waals surface area (Å²) in [7, 11) is 1.79. The number of piperazine rings is 1. The SMILES string of the molecule is CN=C(NCCNC(=O)C(C)C)N1CCN(c2ccccn2)CC1.I. The van der Waals surface area contributed by atoms with Gasteiger partial charge < -0.3 is 20.4 Å². The van der Waals surface area contributed by atoms with E-state index in [1.54, 1.807) is 7.05 Å². The van der Waals surface area contributed by atoms with Crippen molar-refractivity contribution < 1.29 is 4.79 Å². The molecule has 1 aliphatic heterocycles. The van der Waals surface area contributed by atoms with Gasteiger partial charge in [-0.3, -0.25) is 9.79 Å². The van der Waals surface area contributed by atoms with Gasteiger partial charge in [-0.2, -0.15) is 0 Å². The maximum atomic E-state index is 11.5. The number of aliphatic imine (C=N–C) groups is 1. The number of nitrogens with one attached hydrogen (secondary N) is 2. The fourth-order valence-corrected chi connectivity index (χ4v) is 2.58. The number of carbonyl (C=O) groups is 1. The number of nitrogens with zero attached hydrogens (tertiary/aromatic N) is 4. The number of amides is 1. The van der Waals surface area contributed by atoms with E-state index in [9.17, 15) is 4.79 Å². The highest BCUT2D eigenvalue weighted by molar-refractivity contribution is 14.0. The minimum atomic E-state index is 0. The summed E-state index contributed by atoms with van der Waals surface area (Å²) in [6.07, 6.45) is 1.83. The third-order valence-electron chi connectivity index (χ3n) is 4.00. The largest absolute Gasteiger partial charge is 0.354 e. The van der Waals surface area contributed by atoms with Crippen LogP contribution >= 0.6 is 24.0 Å². The van der Waals surface area contributed by atoms with E-state index in [-0.39, 0.29) is 35.8 Å². The number of rotatable bonds is 5. The fraction of sp³-hybridized carbons (Fsp3) is 0.588. The van der Waals surface area contributed by atoms with Crippen molar-refractivity contribution in [3.63, 3.8) is 0 Å². The van der Waals surface area contributed by atoms with Crippen molar-refractivity contribution in [3.8, 4) is 0 Å². The highest BCUT2D eigenvalue weighted by atomic mass is 127. The second-order valence-electron chi connectivity index (χ2n) is 6.08. The Balaban J connectivity index is 0.00000312. The van der Waals surface area contributed by atoms with Crippen molar-refractivity contribution in [2.45, 2.75) is 13.8 Å². The normalized spacial score (nSPS) is 15.0. The second-order valence-corrected chi connectivity index (χ2v) is 6.08. The minimum Gasteiger partial charge on any atom is -0.354 e. The van der Waals surface area contributed by atoms with Crippen molar-refractivity contribution in [1.82, 2.24) is 20.5 Å². The van der Waals surface area contributed by atoms with Gasteiger partial charge in [0.1, 0.15) is 5.82 Å². The van der Waals surface area contributed by atoms with E-state index >= 15 is 0 Å². The average Bonchev–Trinajstić information content (AvgIpc) is 2.62.